The normalized spacial score (nSPS) is 42.7. The van der Waals surface area contributed by atoms with Crippen molar-refractivity contribution in [1.29, 1.82) is 0 Å². The molecule has 27 heavy (non-hydrogen) atoms. The van der Waals surface area contributed by atoms with E-state index in [4.69, 9.17) is 0 Å². The minimum Gasteiger partial charge on any atom is -0.347 e. The third-order valence-corrected chi connectivity index (χ3v) is 8.78. The summed E-state index contributed by atoms with van der Waals surface area (Å²) in [6.45, 7) is 2.03. The second-order valence-electron chi connectivity index (χ2n) is 10.8. The number of nitrogens with one attached hydrogen (secondary N) is 1. The maximum atomic E-state index is 12.7. The lowest BCUT2D eigenvalue weighted by atomic mass is 9.49. The maximum Gasteiger partial charge on any atom is 0.241 e. The molecular formula is C23H36N2O2. The number of carbonyl (C=O) groups is 2. The third kappa shape index (κ3) is 3.65. The lowest BCUT2D eigenvalue weighted by molar-refractivity contribution is -0.137. The molecule has 0 spiro atoms. The topological polar surface area (TPSA) is 49.4 Å². The minimum absolute atomic E-state index is 0.123. The molecular weight excluding hydrogens is 336 g/mol. The highest BCUT2D eigenvalue weighted by atomic mass is 16.2. The molecule has 0 unspecified atom stereocenters. The highest BCUT2D eigenvalue weighted by Gasteiger charge is 2.51. The zero-order valence-electron chi connectivity index (χ0n) is 16.8. The van der Waals surface area contributed by atoms with Gasteiger partial charge < -0.3 is 10.2 Å². The van der Waals surface area contributed by atoms with Crippen LogP contribution in [0.2, 0.25) is 0 Å². The molecule has 0 aromatic carbocycles. The Morgan fingerprint density at radius 1 is 0.889 bits per heavy atom. The fourth-order valence-corrected chi connectivity index (χ4v) is 8.02. The van der Waals surface area contributed by atoms with E-state index < -0.39 is 0 Å². The quantitative estimate of drug-likeness (QED) is 0.817. The highest BCUT2D eigenvalue weighted by Crippen LogP contribution is 2.61. The summed E-state index contributed by atoms with van der Waals surface area (Å²) < 4.78 is 0. The van der Waals surface area contributed by atoms with Crippen LogP contribution in [0.1, 0.15) is 77.0 Å². The lowest BCUT2D eigenvalue weighted by Crippen LogP contribution is -2.50. The molecule has 0 aromatic heterocycles. The van der Waals surface area contributed by atoms with E-state index in [9.17, 15) is 9.59 Å². The van der Waals surface area contributed by atoms with E-state index in [1.54, 1.807) is 0 Å². The molecule has 6 fully saturated rings. The number of rotatable bonds is 4. The molecule has 0 radical (unpaired) electrons. The summed E-state index contributed by atoms with van der Waals surface area (Å²) in [4.78, 5) is 27.3. The maximum absolute atomic E-state index is 12.7. The Balaban J connectivity index is 1.11. The van der Waals surface area contributed by atoms with Gasteiger partial charge in [0.15, 0.2) is 0 Å². The van der Waals surface area contributed by atoms with Crippen molar-refractivity contribution in [1.82, 2.24) is 10.2 Å². The zero-order valence-corrected chi connectivity index (χ0v) is 16.8. The van der Waals surface area contributed by atoms with E-state index in [1.165, 1.54) is 64.2 Å². The van der Waals surface area contributed by atoms with E-state index in [2.05, 4.69) is 5.32 Å². The summed E-state index contributed by atoms with van der Waals surface area (Å²) in [5.74, 6) is 4.44. The van der Waals surface area contributed by atoms with Gasteiger partial charge in [0.2, 0.25) is 11.8 Å². The Morgan fingerprint density at radius 2 is 1.52 bits per heavy atom. The van der Waals surface area contributed by atoms with Crippen LogP contribution in [0.4, 0.5) is 0 Å². The van der Waals surface area contributed by atoms with Crippen molar-refractivity contribution < 1.29 is 9.59 Å². The fraction of sp³-hybridized carbons (Fsp3) is 0.913. The molecule has 5 saturated carbocycles. The average molecular weight is 373 g/mol. The van der Waals surface area contributed by atoms with Crippen molar-refractivity contribution in [3.63, 3.8) is 0 Å². The molecule has 1 N–H and O–H groups in total. The SMILES string of the molecule is O=C(CC12CC3CC(CC(C3)C1)C2)NCC(=O)N1CC[C@@H]2CCCC[C@@H]2C1. The van der Waals surface area contributed by atoms with E-state index in [0.717, 1.165) is 43.2 Å². The summed E-state index contributed by atoms with van der Waals surface area (Å²) in [5, 5.41) is 3.00. The number of nitrogens with zero attached hydrogens (tertiary/aromatic N) is 1. The predicted molar refractivity (Wildman–Crippen MR) is 105 cm³/mol. The summed E-state index contributed by atoms with van der Waals surface area (Å²) in [6.07, 6.45) is 15.2. The van der Waals surface area contributed by atoms with Crippen LogP contribution < -0.4 is 5.32 Å². The Kier molecular flexibility index (Phi) is 4.72. The number of fused-ring (bicyclic) bond motifs is 1. The van der Waals surface area contributed by atoms with Gasteiger partial charge >= 0.3 is 0 Å². The number of amides is 2. The van der Waals surface area contributed by atoms with Crippen molar-refractivity contribution in [2.75, 3.05) is 19.6 Å². The molecule has 0 aromatic rings. The van der Waals surface area contributed by atoms with Gasteiger partial charge in [0.25, 0.3) is 0 Å². The second kappa shape index (κ2) is 7.08. The molecule has 4 bridgehead atoms. The number of likely N-dealkylation sites (tertiary alicyclic amines) is 1. The van der Waals surface area contributed by atoms with Gasteiger partial charge in [0, 0.05) is 19.5 Å². The molecule has 6 rings (SSSR count). The molecule has 4 nitrogen and oxygen atoms in total. The highest BCUT2D eigenvalue weighted by molar-refractivity contribution is 5.85. The van der Waals surface area contributed by atoms with E-state index in [1.807, 2.05) is 4.90 Å². The number of carbonyl (C=O) groups excluding carboxylic acids is 2. The Hall–Kier alpha value is -1.06. The van der Waals surface area contributed by atoms with Crippen LogP contribution in [0.3, 0.4) is 0 Å². The first-order valence-electron chi connectivity index (χ1n) is 11.6. The number of piperidine rings is 1. The van der Waals surface area contributed by atoms with Crippen LogP contribution >= 0.6 is 0 Å². The average Bonchev–Trinajstić information content (AvgIpc) is 2.64. The second-order valence-corrected chi connectivity index (χ2v) is 10.8. The first kappa shape index (κ1) is 18.0. The fourth-order valence-electron chi connectivity index (χ4n) is 8.02. The molecule has 1 heterocycles. The molecule has 1 aliphatic heterocycles. The largest absolute Gasteiger partial charge is 0.347 e. The third-order valence-electron chi connectivity index (χ3n) is 8.78. The van der Waals surface area contributed by atoms with Gasteiger partial charge in [-0.25, -0.2) is 0 Å². The van der Waals surface area contributed by atoms with Gasteiger partial charge in [-0.3, -0.25) is 9.59 Å². The monoisotopic (exact) mass is 372 g/mol. The van der Waals surface area contributed by atoms with Crippen LogP contribution in [-0.2, 0) is 9.59 Å². The van der Waals surface area contributed by atoms with Crippen LogP contribution in [0, 0.1) is 35.0 Å². The lowest BCUT2D eigenvalue weighted by Gasteiger charge is -2.56. The van der Waals surface area contributed by atoms with Crippen molar-refractivity contribution in [3.8, 4) is 0 Å². The number of hydrogen-bond donors (Lipinski definition) is 1. The molecule has 5 aliphatic carbocycles. The minimum atomic E-state index is 0.123. The summed E-state index contributed by atoms with van der Waals surface area (Å²) in [6, 6.07) is 0. The van der Waals surface area contributed by atoms with Crippen molar-refractivity contribution in [3.05, 3.63) is 0 Å². The van der Waals surface area contributed by atoms with Gasteiger partial charge in [-0.05, 0) is 86.4 Å². The zero-order chi connectivity index (χ0) is 18.4. The summed E-state index contributed by atoms with van der Waals surface area (Å²) in [7, 11) is 0. The van der Waals surface area contributed by atoms with Crippen LogP contribution in [-0.4, -0.2) is 36.3 Å². The van der Waals surface area contributed by atoms with Crippen molar-refractivity contribution in [2.24, 2.45) is 35.0 Å². The van der Waals surface area contributed by atoms with Crippen LogP contribution in [0.25, 0.3) is 0 Å². The molecule has 2 amide bonds. The van der Waals surface area contributed by atoms with E-state index >= 15 is 0 Å². The Morgan fingerprint density at radius 3 is 2.19 bits per heavy atom. The van der Waals surface area contributed by atoms with Crippen LogP contribution in [0.15, 0.2) is 0 Å². The van der Waals surface area contributed by atoms with Gasteiger partial charge in [-0.1, -0.05) is 19.3 Å². The van der Waals surface area contributed by atoms with Gasteiger partial charge in [0.1, 0.15) is 0 Å². The van der Waals surface area contributed by atoms with Gasteiger partial charge in [-0.15, -0.1) is 0 Å². The Labute approximate surface area is 163 Å². The van der Waals surface area contributed by atoms with Crippen molar-refractivity contribution in [2.45, 2.75) is 77.0 Å². The van der Waals surface area contributed by atoms with E-state index in [0.29, 0.717) is 12.3 Å². The summed E-state index contributed by atoms with van der Waals surface area (Å²) >= 11 is 0. The smallest absolute Gasteiger partial charge is 0.241 e. The first-order chi connectivity index (χ1) is 13.1. The first-order valence-corrected chi connectivity index (χ1v) is 11.6. The van der Waals surface area contributed by atoms with Crippen LogP contribution in [0.5, 0.6) is 0 Å². The van der Waals surface area contributed by atoms with Gasteiger partial charge in [0.05, 0.1) is 6.54 Å². The molecule has 150 valence electrons. The van der Waals surface area contributed by atoms with Gasteiger partial charge in [-0.2, -0.15) is 0 Å². The summed E-state index contributed by atoms with van der Waals surface area (Å²) in [5.41, 5.74) is 0.266. The van der Waals surface area contributed by atoms with Crippen molar-refractivity contribution >= 4 is 11.8 Å². The molecule has 4 heteroatoms. The predicted octanol–water partition coefficient (Wildman–Crippen LogP) is 3.75. The number of hydrogen-bond acceptors (Lipinski definition) is 2. The molecule has 2 atom stereocenters. The molecule has 6 aliphatic rings. The molecule has 1 saturated heterocycles. The standard InChI is InChI=1S/C23H36N2O2/c26-21(13-23-10-16-7-17(11-23)9-18(8-16)12-23)24-14-22(27)25-6-5-19-3-1-2-4-20(19)15-25/h16-20H,1-15H2,(H,24,26)/t16?,17?,18?,19-,20+,23?/m0/s1. The van der Waals surface area contributed by atoms with E-state index in [-0.39, 0.29) is 23.8 Å². The Bertz CT molecular complexity index is 566.